The van der Waals surface area contributed by atoms with Crippen LogP contribution in [0.3, 0.4) is 0 Å². The molecule has 20 heavy (non-hydrogen) atoms. The van der Waals surface area contributed by atoms with Gasteiger partial charge in [-0.15, -0.1) is 0 Å². The highest BCUT2D eigenvalue weighted by Crippen LogP contribution is 2.52. The van der Waals surface area contributed by atoms with Crippen LogP contribution in [0.25, 0.3) is 0 Å². The zero-order valence-corrected chi connectivity index (χ0v) is 12.1. The molecule has 106 valence electrons. The van der Waals surface area contributed by atoms with Crippen LogP contribution >= 0.6 is 0 Å². The van der Waals surface area contributed by atoms with Crippen molar-refractivity contribution in [2.75, 3.05) is 6.54 Å². The van der Waals surface area contributed by atoms with Gasteiger partial charge in [0.15, 0.2) is 5.82 Å². The lowest BCUT2D eigenvalue weighted by Gasteiger charge is -2.10. The Morgan fingerprint density at radius 1 is 1.25 bits per heavy atom. The molecule has 0 amide bonds. The molecule has 1 saturated carbocycles. The molecule has 1 N–H and O–H groups in total. The minimum absolute atomic E-state index is 0.00105. The van der Waals surface area contributed by atoms with E-state index in [-0.39, 0.29) is 5.41 Å². The lowest BCUT2D eigenvalue weighted by Crippen LogP contribution is -2.19. The lowest BCUT2D eigenvalue weighted by molar-refractivity contribution is 0.357. The Balaban J connectivity index is 1.71. The van der Waals surface area contributed by atoms with Crippen molar-refractivity contribution < 1.29 is 4.52 Å². The Morgan fingerprint density at radius 2 is 2.00 bits per heavy atom. The second-order valence-corrected chi connectivity index (χ2v) is 5.98. The first kappa shape index (κ1) is 13.3. The van der Waals surface area contributed by atoms with Crippen molar-refractivity contribution in [1.82, 2.24) is 15.5 Å². The molecule has 4 heteroatoms. The topological polar surface area (TPSA) is 51.0 Å². The molecule has 0 radical (unpaired) electrons. The molecule has 0 atom stereocenters. The molecular formula is C16H21N3O. The standard InChI is InChI=1S/C16H21N3O/c1-12(2)10-17-11-14-18-15(19-20-14)16(8-9-16)13-6-4-3-5-7-13/h3-7,12,17H,8-11H2,1-2H3. The lowest BCUT2D eigenvalue weighted by atomic mass is 9.95. The van der Waals surface area contributed by atoms with E-state index < -0.39 is 0 Å². The van der Waals surface area contributed by atoms with Crippen molar-refractivity contribution in [2.24, 2.45) is 5.92 Å². The van der Waals surface area contributed by atoms with Crippen molar-refractivity contribution in [3.8, 4) is 0 Å². The summed E-state index contributed by atoms with van der Waals surface area (Å²) in [6.45, 7) is 5.97. The summed E-state index contributed by atoms with van der Waals surface area (Å²) in [6, 6.07) is 10.5. The minimum atomic E-state index is 0.00105. The second-order valence-electron chi connectivity index (χ2n) is 5.98. The molecule has 0 spiro atoms. The maximum absolute atomic E-state index is 5.37. The summed E-state index contributed by atoms with van der Waals surface area (Å²) >= 11 is 0. The second kappa shape index (κ2) is 5.37. The van der Waals surface area contributed by atoms with Crippen molar-refractivity contribution in [3.05, 3.63) is 47.6 Å². The fourth-order valence-corrected chi connectivity index (χ4v) is 2.51. The van der Waals surface area contributed by atoms with Gasteiger partial charge in [-0.25, -0.2) is 0 Å². The van der Waals surface area contributed by atoms with Crippen molar-refractivity contribution in [2.45, 2.75) is 38.6 Å². The molecule has 1 fully saturated rings. The van der Waals surface area contributed by atoms with Gasteiger partial charge in [-0.05, 0) is 30.9 Å². The molecule has 3 rings (SSSR count). The molecule has 1 aromatic heterocycles. The smallest absolute Gasteiger partial charge is 0.240 e. The van der Waals surface area contributed by atoms with Crippen LogP contribution in [0.4, 0.5) is 0 Å². The maximum atomic E-state index is 5.37. The van der Waals surface area contributed by atoms with Crippen LogP contribution in [0.5, 0.6) is 0 Å². The van der Waals surface area contributed by atoms with E-state index in [9.17, 15) is 0 Å². The van der Waals surface area contributed by atoms with E-state index in [2.05, 4.69) is 53.6 Å². The van der Waals surface area contributed by atoms with Gasteiger partial charge in [0.25, 0.3) is 0 Å². The van der Waals surface area contributed by atoms with Crippen LogP contribution < -0.4 is 5.32 Å². The first-order valence-electron chi connectivity index (χ1n) is 7.30. The van der Waals surface area contributed by atoms with Gasteiger partial charge in [-0.1, -0.05) is 49.3 Å². The summed E-state index contributed by atoms with van der Waals surface area (Å²) in [5.74, 6) is 2.14. The molecule has 0 bridgehead atoms. The molecule has 1 heterocycles. The molecule has 4 nitrogen and oxygen atoms in total. The van der Waals surface area contributed by atoms with Gasteiger partial charge in [0.2, 0.25) is 5.89 Å². The van der Waals surface area contributed by atoms with E-state index >= 15 is 0 Å². The van der Waals surface area contributed by atoms with Crippen molar-refractivity contribution in [3.63, 3.8) is 0 Å². The third-order valence-corrected chi connectivity index (χ3v) is 3.80. The average molecular weight is 271 g/mol. The predicted molar refractivity (Wildman–Crippen MR) is 77.3 cm³/mol. The van der Waals surface area contributed by atoms with E-state index in [1.807, 2.05) is 6.07 Å². The van der Waals surface area contributed by atoms with Crippen LogP contribution in [0, 0.1) is 5.92 Å². The Hall–Kier alpha value is -1.68. The van der Waals surface area contributed by atoms with E-state index in [1.165, 1.54) is 5.56 Å². The zero-order valence-electron chi connectivity index (χ0n) is 12.1. The third-order valence-electron chi connectivity index (χ3n) is 3.80. The summed E-state index contributed by atoms with van der Waals surface area (Å²) in [4.78, 5) is 4.58. The first-order valence-corrected chi connectivity index (χ1v) is 7.30. The zero-order chi connectivity index (χ0) is 14.0. The Bertz CT molecular complexity index is 558. The minimum Gasteiger partial charge on any atom is -0.338 e. The first-order chi connectivity index (χ1) is 9.71. The molecule has 0 aliphatic heterocycles. The number of benzene rings is 1. The van der Waals surface area contributed by atoms with E-state index in [4.69, 9.17) is 4.52 Å². The van der Waals surface area contributed by atoms with Crippen LogP contribution in [0.2, 0.25) is 0 Å². The highest BCUT2D eigenvalue weighted by Gasteiger charge is 2.49. The number of nitrogens with one attached hydrogen (secondary N) is 1. The van der Waals surface area contributed by atoms with Gasteiger partial charge in [0.1, 0.15) is 0 Å². The van der Waals surface area contributed by atoms with Gasteiger partial charge in [0.05, 0.1) is 12.0 Å². The number of hydrogen-bond acceptors (Lipinski definition) is 4. The molecular weight excluding hydrogens is 250 g/mol. The fourth-order valence-electron chi connectivity index (χ4n) is 2.51. The molecule has 2 aromatic rings. The van der Waals surface area contributed by atoms with Crippen molar-refractivity contribution >= 4 is 0 Å². The summed E-state index contributed by atoms with van der Waals surface area (Å²) < 4.78 is 5.37. The predicted octanol–water partition coefficient (Wildman–Crippen LogP) is 2.90. The summed E-state index contributed by atoms with van der Waals surface area (Å²) in [7, 11) is 0. The fraction of sp³-hybridized carbons (Fsp3) is 0.500. The van der Waals surface area contributed by atoms with Gasteiger partial charge in [-0.3, -0.25) is 0 Å². The normalized spacial score (nSPS) is 16.6. The third kappa shape index (κ3) is 2.61. The quantitative estimate of drug-likeness (QED) is 0.877. The van der Waals surface area contributed by atoms with Crippen LogP contribution in [0.15, 0.2) is 34.9 Å². The van der Waals surface area contributed by atoms with E-state index in [0.717, 1.165) is 25.2 Å². The largest absolute Gasteiger partial charge is 0.338 e. The van der Waals surface area contributed by atoms with Crippen LogP contribution in [-0.2, 0) is 12.0 Å². The number of aromatic nitrogens is 2. The summed E-state index contributed by atoms with van der Waals surface area (Å²) in [6.07, 6.45) is 2.21. The van der Waals surface area contributed by atoms with E-state index in [1.54, 1.807) is 0 Å². The Labute approximate surface area is 119 Å². The van der Waals surface area contributed by atoms with E-state index in [0.29, 0.717) is 18.4 Å². The number of rotatable bonds is 6. The number of hydrogen-bond donors (Lipinski definition) is 1. The van der Waals surface area contributed by atoms with Crippen LogP contribution in [-0.4, -0.2) is 16.7 Å². The van der Waals surface area contributed by atoms with Gasteiger partial charge in [-0.2, -0.15) is 4.98 Å². The molecule has 1 aliphatic carbocycles. The highest BCUT2D eigenvalue weighted by atomic mass is 16.5. The van der Waals surface area contributed by atoms with Crippen molar-refractivity contribution in [1.29, 1.82) is 0 Å². The SMILES string of the molecule is CC(C)CNCc1nc(C2(c3ccccc3)CC2)no1. The van der Waals surface area contributed by atoms with Gasteiger partial charge in [0, 0.05) is 0 Å². The summed E-state index contributed by atoms with van der Waals surface area (Å²) in [5.41, 5.74) is 1.30. The Morgan fingerprint density at radius 3 is 2.65 bits per heavy atom. The number of nitrogens with zero attached hydrogens (tertiary/aromatic N) is 2. The highest BCUT2D eigenvalue weighted by molar-refractivity contribution is 5.38. The average Bonchev–Trinajstić information content (AvgIpc) is 3.13. The Kier molecular flexibility index (Phi) is 3.57. The maximum Gasteiger partial charge on any atom is 0.240 e. The molecule has 1 aromatic carbocycles. The molecule has 0 unspecified atom stereocenters. The molecule has 0 saturated heterocycles. The summed E-state index contributed by atoms with van der Waals surface area (Å²) in [5, 5.41) is 7.53. The van der Waals surface area contributed by atoms with Crippen LogP contribution in [0.1, 0.15) is 44.0 Å². The monoisotopic (exact) mass is 271 g/mol. The van der Waals surface area contributed by atoms with Gasteiger partial charge < -0.3 is 9.84 Å². The van der Waals surface area contributed by atoms with Gasteiger partial charge >= 0.3 is 0 Å². The molecule has 1 aliphatic rings.